The summed E-state index contributed by atoms with van der Waals surface area (Å²) in [6.45, 7) is 5.15. The topological polar surface area (TPSA) is 79.5 Å². The summed E-state index contributed by atoms with van der Waals surface area (Å²) in [6, 6.07) is 0. The van der Waals surface area contributed by atoms with E-state index in [0.717, 1.165) is 6.54 Å². The Kier molecular flexibility index (Phi) is 7.62. The Morgan fingerprint density at radius 3 is 2.69 bits per heavy atom. The van der Waals surface area contributed by atoms with Crippen LogP contribution in [0.5, 0.6) is 0 Å². The maximum absolute atomic E-state index is 11.0. The van der Waals surface area contributed by atoms with E-state index in [1.54, 1.807) is 0 Å². The van der Waals surface area contributed by atoms with Gasteiger partial charge in [0.15, 0.2) is 0 Å². The van der Waals surface area contributed by atoms with Gasteiger partial charge in [-0.3, -0.25) is 14.6 Å². The molecule has 0 aromatic rings. The molecule has 0 amide bonds. The summed E-state index contributed by atoms with van der Waals surface area (Å²) in [6.07, 6.45) is 0. The van der Waals surface area contributed by atoms with E-state index in [1.165, 1.54) is 0 Å². The highest BCUT2D eigenvalue weighted by Gasteiger charge is 1.95. The Bertz CT molecular complexity index is 183. The van der Waals surface area contributed by atoms with Crippen LogP contribution in [0.2, 0.25) is 0 Å². The summed E-state index contributed by atoms with van der Waals surface area (Å²) in [4.78, 5) is 4.10. The molecule has 13 heavy (non-hydrogen) atoms. The van der Waals surface area contributed by atoms with Gasteiger partial charge in [0.2, 0.25) is 5.96 Å². The molecule has 1 unspecified atom stereocenters. The zero-order valence-corrected chi connectivity index (χ0v) is 8.99. The van der Waals surface area contributed by atoms with Gasteiger partial charge in [-0.05, 0) is 6.92 Å². The van der Waals surface area contributed by atoms with Crippen LogP contribution in [0.15, 0.2) is 4.99 Å². The smallest absolute Gasteiger partial charge is 0.205 e. The van der Waals surface area contributed by atoms with Crippen molar-refractivity contribution in [2.24, 2.45) is 10.8 Å². The molecule has 5 nitrogen and oxygen atoms in total. The van der Waals surface area contributed by atoms with Crippen LogP contribution in [0, 0.1) is 0 Å². The van der Waals surface area contributed by atoms with E-state index in [0.29, 0.717) is 24.0 Å². The van der Waals surface area contributed by atoms with Gasteiger partial charge in [-0.1, -0.05) is 6.92 Å². The Morgan fingerprint density at radius 2 is 2.23 bits per heavy atom. The minimum Gasteiger partial charge on any atom is -0.356 e. The molecule has 0 aromatic heterocycles. The van der Waals surface area contributed by atoms with Crippen molar-refractivity contribution in [2.75, 3.05) is 24.6 Å². The van der Waals surface area contributed by atoms with Crippen molar-refractivity contribution in [3.63, 3.8) is 0 Å². The lowest BCUT2D eigenvalue weighted by Gasteiger charge is -2.05. The van der Waals surface area contributed by atoms with Crippen LogP contribution in [0.3, 0.4) is 0 Å². The van der Waals surface area contributed by atoms with Crippen LogP contribution in [0.4, 0.5) is 0 Å². The predicted octanol–water partition coefficient (Wildman–Crippen LogP) is -0.816. The van der Waals surface area contributed by atoms with E-state index < -0.39 is 10.8 Å². The average molecular weight is 206 g/mol. The van der Waals surface area contributed by atoms with Crippen LogP contribution >= 0.6 is 0 Å². The molecule has 0 fully saturated rings. The van der Waals surface area contributed by atoms with Gasteiger partial charge in [-0.15, -0.1) is 0 Å². The minimum atomic E-state index is -0.753. The summed E-state index contributed by atoms with van der Waals surface area (Å²) in [5.74, 6) is 7.01. The molecular weight excluding hydrogens is 188 g/mol. The van der Waals surface area contributed by atoms with Crippen molar-refractivity contribution in [3.8, 4) is 0 Å². The van der Waals surface area contributed by atoms with Gasteiger partial charge in [-0.25, -0.2) is 5.84 Å². The number of aliphatic imine (C=N–C) groups is 1. The van der Waals surface area contributed by atoms with Gasteiger partial charge in [-0.2, -0.15) is 0 Å². The zero-order chi connectivity index (χ0) is 10.1. The largest absolute Gasteiger partial charge is 0.356 e. The number of hydrogen-bond acceptors (Lipinski definition) is 3. The normalized spacial score (nSPS) is 13.9. The SMILES string of the molecule is CCNC(=NCCS(=O)CC)NN. The zero-order valence-electron chi connectivity index (χ0n) is 8.17. The molecule has 0 heterocycles. The van der Waals surface area contributed by atoms with E-state index in [4.69, 9.17) is 5.84 Å². The van der Waals surface area contributed by atoms with Crippen molar-refractivity contribution < 1.29 is 4.21 Å². The number of hydrogen-bond donors (Lipinski definition) is 3. The second-order valence-electron chi connectivity index (χ2n) is 2.34. The van der Waals surface area contributed by atoms with Crippen molar-refractivity contribution in [1.82, 2.24) is 10.7 Å². The van der Waals surface area contributed by atoms with Crippen LogP contribution in [-0.4, -0.2) is 34.8 Å². The van der Waals surface area contributed by atoms with Gasteiger partial charge in [0.05, 0.1) is 6.54 Å². The molecule has 0 spiro atoms. The number of nitrogens with zero attached hydrogens (tertiary/aromatic N) is 1. The summed E-state index contributed by atoms with van der Waals surface area (Å²) >= 11 is 0. The van der Waals surface area contributed by atoms with Crippen molar-refractivity contribution >= 4 is 16.8 Å². The van der Waals surface area contributed by atoms with Crippen LogP contribution < -0.4 is 16.6 Å². The molecule has 6 heteroatoms. The Labute approximate surface area is 81.6 Å². The highest BCUT2D eigenvalue weighted by Crippen LogP contribution is 1.82. The highest BCUT2D eigenvalue weighted by molar-refractivity contribution is 7.84. The molecule has 0 aliphatic rings. The first kappa shape index (κ1) is 12.4. The first-order valence-electron chi connectivity index (χ1n) is 4.34. The summed E-state index contributed by atoms with van der Waals surface area (Å²) in [5.41, 5.74) is 2.43. The van der Waals surface area contributed by atoms with E-state index in [1.807, 2.05) is 13.8 Å². The van der Waals surface area contributed by atoms with Gasteiger partial charge in [0.25, 0.3) is 0 Å². The fourth-order valence-electron chi connectivity index (χ4n) is 0.724. The van der Waals surface area contributed by atoms with Crippen LogP contribution in [0.1, 0.15) is 13.8 Å². The molecule has 1 atom stereocenters. The van der Waals surface area contributed by atoms with Crippen LogP contribution in [0.25, 0.3) is 0 Å². The van der Waals surface area contributed by atoms with E-state index in [2.05, 4.69) is 15.7 Å². The molecular formula is C7H18N4OS. The third-order valence-electron chi connectivity index (χ3n) is 1.39. The lowest BCUT2D eigenvalue weighted by atomic mass is 10.7. The van der Waals surface area contributed by atoms with Crippen LogP contribution in [-0.2, 0) is 10.8 Å². The molecule has 78 valence electrons. The Hall–Kier alpha value is -0.620. The first-order chi connectivity index (χ1) is 6.24. The molecule has 0 rings (SSSR count). The number of rotatable bonds is 5. The predicted molar refractivity (Wildman–Crippen MR) is 56.9 cm³/mol. The third-order valence-corrected chi connectivity index (χ3v) is 2.67. The fourth-order valence-corrected chi connectivity index (χ4v) is 1.31. The van der Waals surface area contributed by atoms with Crippen molar-refractivity contribution in [2.45, 2.75) is 13.8 Å². The third kappa shape index (κ3) is 6.53. The maximum atomic E-state index is 11.0. The Morgan fingerprint density at radius 1 is 1.54 bits per heavy atom. The summed E-state index contributed by atoms with van der Waals surface area (Å²) in [7, 11) is -0.753. The number of nitrogens with one attached hydrogen (secondary N) is 2. The second-order valence-corrected chi connectivity index (χ2v) is 4.20. The molecule has 0 saturated heterocycles. The molecule has 0 bridgehead atoms. The fraction of sp³-hybridized carbons (Fsp3) is 0.857. The molecule has 0 saturated carbocycles. The highest BCUT2D eigenvalue weighted by atomic mass is 32.2. The van der Waals surface area contributed by atoms with Gasteiger partial charge < -0.3 is 5.32 Å². The minimum absolute atomic E-state index is 0.535. The van der Waals surface area contributed by atoms with E-state index >= 15 is 0 Å². The lowest BCUT2D eigenvalue weighted by molar-refractivity contribution is 0.683. The summed E-state index contributed by atoms with van der Waals surface area (Å²) in [5, 5.41) is 2.94. The first-order valence-corrected chi connectivity index (χ1v) is 5.83. The standard InChI is InChI=1S/C7H18N4OS/c1-3-9-7(11-8)10-5-6-13(12)4-2/h3-6,8H2,1-2H3,(H2,9,10,11). The molecule has 0 aromatic carbocycles. The quantitative estimate of drug-likeness (QED) is 0.238. The monoisotopic (exact) mass is 206 g/mol. The second kappa shape index (κ2) is 8.00. The van der Waals surface area contributed by atoms with Crippen molar-refractivity contribution in [1.29, 1.82) is 0 Å². The number of guanidine groups is 1. The van der Waals surface area contributed by atoms with E-state index in [9.17, 15) is 4.21 Å². The van der Waals surface area contributed by atoms with Gasteiger partial charge in [0.1, 0.15) is 0 Å². The molecule has 0 aliphatic heterocycles. The van der Waals surface area contributed by atoms with Gasteiger partial charge >= 0.3 is 0 Å². The van der Waals surface area contributed by atoms with E-state index in [-0.39, 0.29) is 0 Å². The Balaban J connectivity index is 3.72. The number of hydrazine groups is 1. The lowest BCUT2D eigenvalue weighted by Crippen LogP contribution is -2.41. The van der Waals surface area contributed by atoms with Gasteiger partial charge in [0, 0.05) is 28.9 Å². The molecule has 0 radical (unpaired) electrons. The maximum Gasteiger partial charge on any atom is 0.205 e. The molecule has 0 aliphatic carbocycles. The number of nitrogens with two attached hydrogens (primary N) is 1. The average Bonchev–Trinajstić information content (AvgIpc) is 2.16. The summed E-state index contributed by atoms with van der Waals surface area (Å²) < 4.78 is 11.0. The van der Waals surface area contributed by atoms with Crippen molar-refractivity contribution in [3.05, 3.63) is 0 Å². The molecule has 4 N–H and O–H groups in total.